The smallest absolute Gasteiger partial charge is 0.322 e. The summed E-state index contributed by atoms with van der Waals surface area (Å²) in [5, 5.41) is 3.01. The van der Waals surface area contributed by atoms with Crippen molar-refractivity contribution in [2.24, 2.45) is 5.73 Å². The molecule has 0 fully saturated rings. The van der Waals surface area contributed by atoms with Crippen LogP contribution in [0.25, 0.3) is 0 Å². The first kappa shape index (κ1) is 17.8. The number of rotatable bonds is 5. The molecule has 0 spiro atoms. The van der Waals surface area contributed by atoms with E-state index in [0.717, 1.165) is 10.6 Å². The van der Waals surface area contributed by atoms with Gasteiger partial charge in [-0.3, -0.25) is 10.1 Å². The number of guanidine groups is 1. The molecule has 0 amide bonds. The van der Waals surface area contributed by atoms with Gasteiger partial charge in [0.05, 0.1) is 11.4 Å². The zero-order valence-corrected chi connectivity index (χ0v) is 15.1. The van der Waals surface area contributed by atoms with Crippen LogP contribution in [-0.4, -0.2) is 15.9 Å². The molecule has 6 nitrogen and oxygen atoms in total. The SMILES string of the molecule is Cc1ccc(SCc2cc(=O)[nH]c([NH+]=C(N)Nc3ccccc3)n2)cc1. The van der Waals surface area contributed by atoms with E-state index < -0.39 is 0 Å². The molecule has 3 aromatic rings. The van der Waals surface area contributed by atoms with E-state index in [4.69, 9.17) is 5.73 Å². The second-order valence-electron chi connectivity index (χ2n) is 5.72. The number of aryl methyl sites for hydroxylation is 1. The lowest BCUT2D eigenvalue weighted by Gasteiger charge is -2.02. The quantitative estimate of drug-likeness (QED) is 0.312. The first-order valence-electron chi connectivity index (χ1n) is 8.10. The molecule has 0 aliphatic heterocycles. The first-order valence-corrected chi connectivity index (χ1v) is 9.08. The van der Waals surface area contributed by atoms with E-state index in [1.54, 1.807) is 11.8 Å². The fraction of sp³-hybridized carbons (Fsp3) is 0.105. The fourth-order valence-electron chi connectivity index (χ4n) is 2.27. The number of nitrogens with one attached hydrogen (secondary N) is 3. The third-order valence-electron chi connectivity index (χ3n) is 3.51. The monoisotopic (exact) mass is 366 g/mol. The number of hydrogen-bond acceptors (Lipinski definition) is 3. The third kappa shape index (κ3) is 5.22. The van der Waals surface area contributed by atoms with Crippen LogP contribution in [0.4, 0.5) is 11.6 Å². The minimum atomic E-state index is -0.227. The van der Waals surface area contributed by atoms with Crippen molar-refractivity contribution in [3.63, 3.8) is 0 Å². The van der Waals surface area contributed by atoms with E-state index in [-0.39, 0.29) is 11.5 Å². The summed E-state index contributed by atoms with van der Waals surface area (Å²) in [6.07, 6.45) is 0. The van der Waals surface area contributed by atoms with Crippen LogP contribution in [0.3, 0.4) is 0 Å². The number of nitrogens with two attached hydrogens (primary N) is 1. The Balaban J connectivity index is 1.71. The molecule has 1 heterocycles. The summed E-state index contributed by atoms with van der Waals surface area (Å²) in [6.45, 7) is 2.05. The molecule has 2 aromatic carbocycles. The standard InChI is InChI=1S/C19H19N5OS/c1-13-7-9-16(10-8-13)26-12-15-11-17(25)23-19(22-15)24-18(20)21-14-5-3-2-4-6-14/h2-11H,12H2,1H3,(H4,20,21,22,23,24,25)/p+1. The Hall–Kier alpha value is -3.06. The van der Waals surface area contributed by atoms with Crippen molar-refractivity contribution < 1.29 is 4.99 Å². The number of H-pyrrole nitrogens is 1. The molecular weight excluding hydrogens is 346 g/mol. The second kappa shape index (κ2) is 8.35. The Morgan fingerprint density at radius 2 is 1.92 bits per heavy atom. The van der Waals surface area contributed by atoms with Gasteiger partial charge in [0.2, 0.25) is 0 Å². The number of thioether (sulfide) groups is 1. The number of nitrogens with zero attached hydrogens (tertiary/aromatic N) is 1. The van der Waals surface area contributed by atoms with Crippen LogP contribution in [0.5, 0.6) is 0 Å². The lowest BCUT2D eigenvalue weighted by molar-refractivity contribution is -0.365. The van der Waals surface area contributed by atoms with Gasteiger partial charge in [-0.25, -0.2) is 9.98 Å². The molecule has 0 saturated heterocycles. The van der Waals surface area contributed by atoms with Gasteiger partial charge in [-0.05, 0) is 31.2 Å². The summed E-state index contributed by atoms with van der Waals surface area (Å²) in [5.41, 5.74) is 8.45. The topological polar surface area (TPSA) is 97.8 Å². The number of hydrogen-bond donors (Lipinski definition) is 4. The van der Waals surface area contributed by atoms with E-state index in [1.165, 1.54) is 11.6 Å². The molecule has 1 aromatic heterocycles. The fourth-order valence-corrected chi connectivity index (χ4v) is 3.06. The van der Waals surface area contributed by atoms with Crippen molar-refractivity contribution >= 4 is 29.4 Å². The van der Waals surface area contributed by atoms with Crippen molar-refractivity contribution in [1.82, 2.24) is 9.97 Å². The molecule has 7 heteroatoms. The van der Waals surface area contributed by atoms with Gasteiger partial charge in [0.25, 0.3) is 11.5 Å². The molecular formula is C19H20N5OS+. The van der Waals surface area contributed by atoms with Crippen molar-refractivity contribution in [3.05, 3.63) is 82.3 Å². The minimum Gasteiger partial charge on any atom is -0.322 e. The zero-order chi connectivity index (χ0) is 18.4. The maximum Gasteiger partial charge on any atom is 0.325 e. The molecule has 26 heavy (non-hydrogen) atoms. The second-order valence-corrected chi connectivity index (χ2v) is 6.77. The zero-order valence-electron chi connectivity index (χ0n) is 14.3. The Kier molecular flexibility index (Phi) is 5.70. The average Bonchev–Trinajstić information content (AvgIpc) is 2.61. The normalized spacial score (nSPS) is 11.3. The summed E-state index contributed by atoms with van der Waals surface area (Å²) < 4.78 is 0. The number of benzene rings is 2. The van der Waals surface area contributed by atoms with Gasteiger partial charge >= 0.3 is 5.95 Å². The van der Waals surface area contributed by atoms with Crippen molar-refractivity contribution in [3.8, 4) is 0 Å². The summed E-state index contributed by atoms with van der Waals surface area (Å²) in [6, 6.07) is 19.2. The minimum absolute atomic E-state index is 0.227. The van der Waals surface area contributed by atoms with Gasteiger partial charge in [-0.2, -0.15) is 0 Å². The van der Waals surface area contributed by atoms with Crippen LogP contribution in [0, 0.1) is 6.92 Å². The first-order chi connectivity index (χ1) is 12.6. The van der Waals surface area contributed by atoms with Crippen molar-refractivity contribution in [2.75, 3.05) is 5.32 Å². The van der Waals surface area contributed by atoms with E-state index in [2.05, 4.69) is 51.5 Å². The molecule has 132 valence electrons. The lowest BCUT2D eigenvalue weighted by Crippen LogP contribution is -2.73. The highest BCUT2D eigenvalue weighted by Gasteiger charge is 2.07. The van der Waals surface area contributed by atoms with Gasteiger partial charge in [-0.1, -0.05) is 35.9 Å². The number of anilines is 1. The third-order valence-corrected chi connectivity index (χ3v) is 4.55. The molecule has 0 bridgehead atoms. The molecule has 5 N–H and O–H groups in total. The molecule has 0 aliphatic carbocycles. The van der Waals surface area contributed by atoms with Gasteiger partial charge in [-0.15, -0.1) is 16.7 Å². The van der Waals surface area contributed by atoms with Gasteiger partial charge in [0.15, 0.2) is 0 Å². The molecule has 0 aliphatic rings. The van der Waals surface area contributed by atoms with Crippen LogP contribution < -0.4 is 21.6 Å². The number of aromatic nitrogens is 2. The number of aromatic amines is 1. The van der Waals surface area contributed by atoms with Crippen molar-refractivity contribution in [1.29, 1.82) is 0 Å². The van der Waals surface area contributed by atoms with Crippen LogP contribution >= 0.6 is 11.8 Å². The largest absolute Gasteiger partial charge is 0.325 e. The van der Waals surface area contributed by atoms with Gasteiger partial charge in [0.1, 0.15) is 5.69 Å². The lowest BCUT2D eigenvalue weighted by atomic mass is 10.2. The maximum atomic E-state index is 11.9. The predicted molar refractivity (Wildman–Crippen MR) is 105 cm³/mol. The Morgan fingerprint density at radius 1 is 1.19 bits per heavy atom. The highest BCUT2D eigenvalue weighted by molar-refractivity contribution is 7.98. The Labute approximate surface area is 155 Å². The molecule has 0 saturated carbocycles. The Morgan fingerprint density at radius 3 is 2.65 bits per heavy atom. The predicted octanol–water partition coefficient (Wildman–Crippen LogP) is 1.51. The van der Waals surface area contributed by atoms with E-state index in [9.17, 15) is 4.79 Å². The summed E-state index contributed by atoms with van der Waals surface area (Å²) in [4.78, 5) is 23.0. The summed E-state index contributed by atoms with van der Waals surface area (Å²) in [5.74, 6) is 1.17. The average molecular weight is 366 g/mol. The highest BCUT2D eigenvalue weighted by Crippen LogP contribution is 2.21. The van der Waals surface area contributed by atoms with Crippen LogP contribution in [0.2, 0.25) is 0 Å². The van der Waals surface area contributed by atoms with E-state index >= 15 is 0 Å². The molecule has 0 atom stereocenters. The highest BCUT2D eigenvalue weighted by atomic mass is 32.2. The summed E-state index contributed by atoms with van der Waals surface area (Å²) >= 11 is 1.62. The molecule has 3 rings (SSSR count). The molecule has 0 unspecified atom stereocenters. The van der Waals surface area contributed by atoms with Gasteiger partial charge < -0.3 is 5.73 Å². The molecule has 0 radical (unpaired) electrons. The maximum absolute atomic E-state index is 11.9. The Bertz CT molecular complexity index is 952. The van der Waals surface area contributed by atoms with Crippen LogP contribution in [0.1, 0.15) is 11.3 Å². The van der Waals surface area contributed by atoms with Crippen LogP contribution in [0.15, 0.2) is 70.4 Å². The van der Waals surface area contributed by atoms with E-state index in [1.807, 2.05) is 30.3 Å². The summed E-state index contributed by atoms with van der Waals surface area (Å²) in [7, 11) is 0. The van der Waals surface area contributed by atoms with Gasteiger partial charge in [0, 0.05) is 11.0 Å². The van der Waals surface area contributed by atoms with Crippen molar-refractivity contribution in [2.45, 2.75) is 17.6 Å². The van der Waals surface area contributed by atoms with E-state index in [0.29, 0.717) is 17.4 Å². The number of para-hydroxylation sites is 1. The van der Waals surface area contributed by atoms with Crippen LogP contribution in [-0.2, 0) is 5.75 Å².